The Morgan fingerprint density at radius 3 is 2.50 bits per heavy atom. The van der Waals surface area contributed by atoms with Gasteiger partial charge in [0.05, 0.1) is 13.2 Å². The summed E-state index contributed by atoms with van der Waals surface area (Å²) < 4.78 is 5.86. The van der Waals surface area contributed by atoms with E-state index < -0.39 is 23.7 Å². The molecule has 0 aromatic heterocycles. The fraction of sp³-hybridized carbons (Fsp3) is 0.857. The number of hydrogen-bond donors (Lipinski definition) is 3. The van der Waals surface area contributed by atoms with Crippen LogP contribution in [0.25, 0.3) is 0 Å². The van der Waals surface area contributed by atoms with Gasteiger partial charge in [0.15, 0.2) is 0 Å². The fourth-order valence-electron chi connectivity index (χ4n) is 5.45. The zero-order valence-corrected chi connectivity index (χ0v) is 16.8. The summed E-state index contributed by atoms with van der Waals surface area (Å²) in [7, 11) is 0. The maximum absolute atomic E-state index is 12.4. The highest BCUT2D eigenvalue weighted by atomic mass is 16.5. The van der Waals surface area contributed by atoms with E-state index >= 15 is 0 Å². The third-order valence-corrected chi connectivity index (χ3v) is 6.87. The molecule has 0 amide bonds. The predicted octanol–water partition coefficient (Wildman–Crippen LogP) is 2.97. The van der Waals surface area contributed by atoms with Gasteiger partial charge >= 0.3 is 5.97 Å². The number of carbonyl (C=O) groups excluding carboxylic acids is 1. The van der Waals surface area contributed by atoms with E-state index in [1.54, 1.807) is 6.08 Å². The summed E-state index contributed by atoms with van der Waals surface area (Å²) in [5.74, 6) is -0.346. The third-order valence-electron chi connectivity index (χ3n) is 6.87. The first-order valence-electron chi connectivity index (χ1n) is 10.0. The highest BCUT2D eigenvalue weighted by Crippen LogP contribution is 2.61. The molecule has 1 saturated carbocycles. The highest BCUT2D eigenvalue weighted by Gasteiger charge is 2.63. The average Bonchev–Trinajstić information content (AvgIpc) is 2.57. The summed E-state index contributed by atoms with van der Waals surface area (Å²) in [6, 6.07) is 0. The summed E-state index contributed by atoms with van der Waals surface area (Å²) in [5.41, 5.74) is -1.94. The Morgan fingerprint density at radius 2 is 1.92 bits per heavy atom. The standard InChI is InChI=1S/C21H36O5/c1-5-6-7-9-17(24)26-16-12-15(13-22)21(25,14-23)20(4)11-8-10-19(2,3)18(16)20/h12,16,18,22-23,25H,5-11,13-14H2,1-4H3/t16-,18+,20+,21+/m1/s1. The van der Waals surface area contributed by atoms with Crippen LogP contribution in [0.2, 0.25) is 0 Å². The van der Waals surface area contributed by atoms with Gasteiger partial charge in [0, 0.05) is 17.8 Å². The third kappa shape index (κ3) is 3.58. The smallest absolute Gasteiger partial charge is 0.306 e. The lowest BCUT2D eigenvalue weighted by molar-refractivity contribution is -0.200. The van der Waals surface area contributed by atoms with Crippen LogP contribution in [0.3, 0.4) is 0 Å². The van der Waals surface area contributed by atoms with E-state index in [4.69, 9.17) is 4.74 Å². The van der Waals surface area contributed by atoms with E-state index in [1.807, 2.05) is 6.92 Å². The van der Waals surface area contributed by atoms with Crippen LogP contribution in [0.15, 0.2) is 11.6 Å². The van der Waals surface area contributed by atoms with Crippen molar-refractivity contribution in [3.05, 3.63) is 11.6 Å². The zero-order valence-electron chi connectivity index (χ0n) is 16.8. The predicted molar refractivity (Wildman–Crippen MR) is 100 cm³/mol. The van der Waals surface area contributed by atoms with Crippen molar-refractivity contribution < 1.29 is 24.9 Å². The van der Waals surface area contributed by atoms with E-state index in [0.717, 1.165) is 38.5 Å². The molecule has 0 bridgehead atoms. The number of aliphatic hydroxyl groups excluding tert-OH is 2. The van der Waals surface area contributed by atoms with Crippen molar-refractivity contribution in [1.29, 1.82) is 0 Å². The first-order chi connectivity index (χ1) is 12.2. The average molecular weight is 369 g/mol. The quantitative estimate of drug-likeness (QED) is 0.365. The van der Waals surface area contributed by atoms with Crippen molar-refractivity contribution in [2.45, 2.75) is 84.3 Å². The van der Waals surface area contributed by atoms with E-state index in [2.05, 4.69) is 20.8 Å². The topological polar surface area (TPSA) is 87.0 Å². The Balaban J connectivity index is 2.39. The first kappa shape index (κ1) is 21.4. The minimum Gasteiger partial charge on any atom is -0.458 e. The summed E-state index contributed by atoms with van der Waals surface area (Å²) >= 11 is 0. The monoisotopic (exact) mass is 368 g/mol. The number of hydrogen-bond acceptors (Lipinski definition) is 5. The Labute approximate surface area is 157 Å². The minimum atomic E-state index is -1.49. The van der Waals surface area contributed by atoms with E-state index in [0.29, 0.717) is 12.0 Å². The molecular weight excluding hydrogens is 332 g/mol. The number of rotatable bonds is 7. The number of unbranched alkanes of at least 4 members (excludes halogenated alkanes) is 2. The van der Waals surface area contributed by atoms with Crippen LogP contribution in [-0.2, 0) is 9.53 Å². The molecule has 0 heterocycles. The summed E-state index contributed by atoms with van der Waals surface area (Å²) in [6.45, 7) is 7.54. The van der Waals surface area contributed by atoms with Gasteiger partial charge in [0.25, 0.3) is 0 Å². The van der Waals surface area contributed by atoms with Crippen LogP contribution in [0.4, 0.5) is 0 Å². The van der Waals surface area contributed by atoms with Crippen LogP contribution >= 0.6 is 0 Å². The Morgan fingerprint density at radius 1 is 1.23 bits per heavy atom. The van der Waals surface area contributed by atoms with Crippen LogP contribution in [0, 0.1) is 16.7 Å². The summed E-state index contributed by atoms with van der Waals surface area (Å²) in [6.07, 6.45) is 7.06. The molecule has 3 N–H and O–H groups in total. The molecule has 0 aliphatic heterocycles. The van der Waals surface area contributed by atoms with Crippen LogP contribution in [0.1, 0.15) is 72.6 Å². The summed E-state index contributed by atoms with van der Waals surface area (Å²) in [4.78, 5) is 12.4. The molecule has 4 atom stereocenters. The molecular formula is C21H36O5. The van der Waals surface area contributed by atoms with Gasteiger partial charge < -0.3 is 20.1 Å². The lowest BCUT2D eigenvalue weighted by Gasteiger charge is -2.61. The summed E-state index contributed by atoms with van der Waals surface area (Å²) in [5, 5.41) is 31.2. The van der Waals surface area contributed by atoms with Crippen molar-refractivity contribution >= 4 is 5.97 Å². The van der Waals surface area contributed by atoms with Crippen molar-refractivity contribution in [3.8, 4) is 0 Å². The molecule has 0 aromatic rings. The Bertz CT molecular complexity index is 541. The molecule has 2 rings (SSSR count). The first-order valence-corrected chi connectivity index (χ1v) is 10.0. The number of ether oxygens (including phenoxy) is 1. The second kappa shape index (κ2) is 7.99. The van der Waals surface area contributed by atoms with Gasteiger partial charge in [-0.1, -0.05) is 47.0 Å². The molecule has 1 fully saturated rings. The molecule has 5 nitrogen and oxygen atoms in total. The highest BCUT2D eigenvalue weighted by molar-refractivity contribution is 5.69. The maximum Gasteiger partial charge on any atom is 0.306 e. The number of esters is 1. The number of carbonyl (C=O) groups is 1. The molecule has 0 saturated heterocycles. The normalized spacial score (nSPS) is 36.2. The van der Waals surface area contributed by atoms with Gasteiger partial charge in [-0.2, -0.15) is 0 Å². The van der Waals surface area contributed by atoms with Crippen LogP contribution < -0.4 is 0 Å². The Kier molecular flexibility index (Phi) is 6.57. The molecule has 0 aromatic carbocycles. The van der Waals surface area contributed by atoms with Gasteiger partial charge in [-0.3, -0.25) is 4.79 Å². The van der Waals surface area contributed by atoms with Gasteiger partial charge in [0.2, 0.25) is 0 Å². The van der Waals surface area contributed by atoms with Gasteiger partial charge in [-0.05, 0) is 36.3 Å². The largest absolute Gasteiger partial charge is 0.458 e. The zero-order chi connectivity index (χ0) is 19.6. The molecule has 2 aliphatic rings. The fourth-order valence-corrected chi connectivity index (χ4v) is 5.45. The second-order valence-corrected chi connectivity index (χ2v) is 9.02. The molecule has 0 radical (unpaired) electrons. The second-order valence-electron chi connectivity index (χ2n) is 9.02. The molecule has 5 heteroatoms. The SMILES string of the molecule is CCCCCC(=O)O[C@@H]1C=C(CO)[C@@](O)(CO)[C@@]2(C)CCCC(C)(C)[C@H]12. The van der Waals surface area contributed by atoms with Gasteiger partial charge in [0.1, 0.15) is 11.7 Å². The van der Waals surface area contributed by atoms with E-state index in [9.17, 15) is 20.1 Å². The number of aliphatic hydroxyl groups is 3. The van der Waals surface area contributed by atoms with Crippen LogP contribution in [-0.4, -0.2) is 46.2 Å². The molecule has 2 aliphatic carbocycles. The van der Waals surface area contributed by atoms with Gasteiger partial charge in [-0.15, -0.1) is 0 Å². The van der Waals surface area contributed by atoms with Crippen molar-refractivity contribution in [1.82, 2.24) is 0 Å². The van der Waals surface area contributed by atoms with E-state index in [-0.39, 0.29) is 23.9 Å². The lowest BCUT2D eigenvalue weighted by Crippen LogP contribution is -2.65. The lowest BCUT2D eigenvalue weighted by atomic mass is 9.46. The Hall–Kier alpha value is -0.910. The molecule has 0 unspecified atom stereocenters. The van der Waals surface area contributed by atoms with Crippen molar-refractivity contribution in [3.63, 3.8) is 0 Å². The minimum absolute atomic E-state index is 0.119. The molecule has 26 heavy (non-hydrogen) atoms. The molecule has 150 valence electrons. The van der Waals surface area contributed by atoms with Crippen molar-refractivity contribution in [2.24, 2.45) is 16.7 Å². The van der Waals surface area contributed by atoms with Crippen molar-refractivity contribution in [2.75, 3.05) is 13.2 Å². The number of fused-ring (bicyclic) bond motifs is 1. The van der Waals surface area contributed by atoms with E-state index in [1.165, 1.54) is 0 Å². The van der Waals surface area contributed by atoms with Crippen LogP contribution in [0.5, 0.6) is 0 Å². The van der Waals surface area contributed by atoms with Gasteiger partial charge in [-0.25, -0.2) is 0 Å². The molecule has 0 spiro atoms. The maximum atomic E-state index is 12.4.